The lowest BCUT2D eigenvalue weighted by molar-refractivity contribution is 0.0968. The summed E-state index contributed by atoms with van der Waals surface area (Å²) in [5.41, 5.74) is 3.54. The van der Waals surface area contributed by atoms with Crippen LogP contribution in [-0.4, -0.2) is 10.8 Å². The predicted molar refractivity (Wildman–Crippen MR) is 85.7 cm³/mol. The molecule has 1 aliphatic carbocycles. The molecule has 0 saturated heterocycles. The van der Waals surface area contributed by atoms with E-state index in [1.54, 1.807) is 0 Å². The maximum Gasteiger partial charge on any atom is 0.175 e. The molecule has 0 saturated carbocycles. The number of benzene rings is 1. The Kier molecular flexibility index (Phi) is 3.78. The Hall–Kier alpha value is -1.00. The molecule has 0 fully saturated rings. The molecule has 0 radical (unpaired) electrons. The number of Topliss-reactive ketones (excluding diaryl/α,β-unsaturated/α-hetero) is 1. The molecule has 104 valence electrons. The van der Waals surface area contributed by atoms with Gasteiger partial charge in [0, 0.05) is 6.42 Å². The molecule has 1 aromatic heterocycles. The maximum atomic E-state index is 12.2. The lowest BCUT2D eigenvalue weighted by Crippen LogP contribution is -2.17. The van der Waals surface area contributed by atoms with Crippen molar-refractivity contribution in [2.24, 2.45) is 0 Å². The molecular formula is C16H16BrNOS. The van der Waals surface area contributed by atoms with Crippen molar-refractivity contribution in [1.29, 1.82) is 0 Å². The van der Waals surface area contributed by atoms with Crippen molar-refractivity contribution in [3.63, 3.8) is 0 Å². The second kappa shape index (κ2) is 5.41. The molecule has 2 nitrogen and oxygen atoms in total. The Balaban J connectivity index is 1.87. The minimum absolute atomic E-state index is 0.229. The van der Waals surface area contributed by atoms with Crippen LogP contribution >= 0.6 is 27.3 Å². The first-order valence-corrected chi connectivity index (χ1v) is 8.44. The van der Waals surface area contributed by atoms with Gasteiger partial charge in [0.15, 0.2) is 9.70 Å². The minimum atomic E-state index is 0.229. The molecule has 20 heavy (non-hydrogen) atoms. The first-order valence-electron chi connectivity index (χ1n) is 6.83. The van der Waals surface area contributed by atoms with Crippen LogP contribution in [-0.2, 0) is 6.42 Å². The van der Waals surface area contributed by atoms with E-state index in [1.807, 2.05) is 0 Å². The second-order valence-corrected chi connectivity index (χ2v) is 7.87. The van der Waals surface area contributed by atoms with Crippen LogP contribution < -0.4 is 0 Å². The smallest absolute Gasteiger partial charge is 0.175 e. The largest absolute Gasteiger partial charge is 0.293 e. The number of aromatic nitrogens is 1. The lowest BCUT2D eigenvalue weighted by Gasteiger charge is -2.21. The maximum absolute atomic E-state index is 12.2. The molecule has 3 rings (SSSR count). The fourth-order valence-electron chi connectivity index (χ4n) is 2.69. The van der Waals surface area contributed by atoms with Gasteiger partial charge in [-0.3, -0.25) is 4.79 Å². The molecule has 0 aliphatic heterocycles. The van der Waals surface area contributed by atoms with Crippen LogP contribution in [0.1, 0.15) is 58.6 Å². The predicted octanol–water partition coefficient (Wildman–Crippen LogP) is 4.94. The summed E-state index contributed by atoms with van der Waals surface area (Å²) < 4.78 is 0.812. The Bertz CT molecular complexity index is 645. The number of ketones is 1. The molecule has 0 bridgehead atoms. The van der Waals surface area contributed by atoms with E-state index in [-0.39, 0.29) is 11.7 Å². The van der Waals surface area contributed by atoms with Gasteiger partial charge in [-0.2, -0.15) is 0 Å². The first kappa shape index (κ1) is 14.0. The fraction of sp³-hybridized carbons (Fsp3) is 0.375. The van der Waals surface area contributed by atoms with E-state index in [2.05, 4.69) is 59.0 Å². The highest BCUT2D eigenvalue weighted by atomic mass is 79.9. The lowest BCUT2D eigenvalue weighted by atomic mass is 9.84. The molecule has 0 amide bonds. The van der Waals surface area contributed by atoms with Gasteiger partial charge in [-0.25, -0.2) is 4.98 Å². The number of carbonyl (C=O) groups is 1. The van der Waals surface area contributed by atoms with Crippen molar-refractivity contribution < 1.29 is 4.79 Å². The van der Waals surface area contributed by atoms with Gasteiger partial charge in [-0.05, 0) is 45.3 Å². The van der Waals surface area contributed by atoms with Crippen molar-refractivity contribution in [3.05, 3.63) is 49.9 Å². The van der Waals surface area contributed by atoms with Crippen LogP contribution in [0.25, 0.3) is 0 Å². The molecule has 0 unspecified atom stereocenters. The Morgan fingerprint density at radius 1 is 1.25 bits per heavy atom. The van der Waals surface area contributed by atoms with E-state index in [1.165, 1.54) is 22.5 Å². The van der Waals surface area contributed by atoms with Gasteiger partial charge in [-0.1, -0.05) is 38.1 Å². The molecule has 1 aromatic carbocycles. The Morgan fingerprint density at radius 2 is 1.95 bits per heavy atom. The monoisotopic (exact) mass is 349 g/mol. The average molecular weight is 350 g/mol. The summed E-state index contributed by atoms with van der Waals surface area (Å²) in [6, 6.07) is 8.69. The minimum Gasteiger partial charge on any atom is -0.293 e. The summed E-state index contributed by atoms with van der Waals surface area (Å²) in [6.45, 7) is 4.39. The third-order valence-corrected chi connectivity index (χ3v) is 5.46. The number of hydrogen-bond acceptors (Lipinski definition) is 3. The molecule has 1 heterocycles. The van der Waals surface area contributed by atoms with Crippen molar-refractivity contribution in [1.82, 2.24) is 4.98 Å². The molecule has 4 heteroatoms. The van der Waals surface area contributed by atoms with E-state index in [0.29, 0.717) is 12.3 Å². The van der Waals surface area contributed by atoms with E-state index in [9.17, 15) is 4.79 Å². The Labute approximate surface area is 131 Å². The standard InChI is InChI=1S/C16H16BrNOS/c1-9(2)10-3-5-11(6-4-10)12-7-13-15(14(19)8-12)20-16(17)18-13/h3-6,9,12H,7-8H2,1-2H3/t12-/m0/s1. The normalized spacial score (nSPS) is 18.4. The van der Waals surface area contributed by atoms with E-state index < -0.39 is 0 Å². The molecular weight excluding hydrogens is 334 g/mol. The number of thiazole rings is 1. The molecule has 1 atom stereocenters. The van der Waals surface area contributed by atoms with E-state index in [4.69, 9.17) is 0 Å². The third kappa shape index (κ3) is 2.59. The molecule has 0 N–H and O–H groups in total. The van der Waals surface area contributed by atoms with Crippen molar-refractivity contribution in [3.8, 4) is 0 Å². The zero-order valence-electron chi connectivity index (χ0n) is 11.5. The zero-order chi connectivity index (χ0) is 14.3. The van der Waals surface area contributed by atoms with E-state index in [0.717, 1.165) is 20.9 Å². The van der Waals surface area contributed by atoms with Crippen LogP contribution in [0.3, 0.4) is 0 Å². The van der Waals surface area contributed by atoms with Crippen molar-refractivity contribution in [2.75, 3.05) is 0 Å². The quantitative estimate of drug-likeness (QED) is 0.768. The van der Waals surface area contributed by atoms with Crippen LogP contribution in [0.2, 0.25) is 0 Å². The number of halogens is 1. The summed E-state index contributed by atoms with van der Waals surface area (Å²) >= 11 is 4.83. The second-order valence-electron chi connectivity index (χ2n) is 5.59. The Morgan fingerprint density at radius 3 is 2.60 bits per heavy atom. The van der Waals surface area contributed by atoms with Crippen LogP contribution in [0, 0.1) is 0 Å². The fourth-order valence-corrected chi connectivity index (χ4v) is 4.16. The first-order chi connectivity index (χ1) is 9.54. The highest BCUT2D eigenvalue weighted by Crippen LogP contribution is 2.36. The molecule has 2 aromatic rings. The van der Waals surface area contributed by atoms with Crippen LogP contribution in [0.5, 0.6) is 0 Å². The highest BCUT2D eigenvalue weighted by Gasteiger charge is 2.29. The number of nitrogens with zero attached hydrogens (tertiary/aromatic N) is 1. The van der Waals surface area contributed by atoms with Gasteiger partial charge in [0.25, 0.3) is 0 Å². The number of rotatable bonds is 2. The molecule has 1 aliphatic rings. The molecule has 0 spiro atoms. The number of hydrogen-bond donors (Lipinski definition) is 0. The van der Waals surface area contributed by atoms with Gasteiger partial charge in [-0.15, -0.1) is 11.3 Å². The average Bonchev–Trinajstić information content (AvgIpc) is 2.80. The van der Waals surface area contributed by atoms with Gasteiger partial charge in [0.1, 0.15) is 0 Å². The van der Waals surface area contributed by atoms with Gasteiger partial charge >= 0.3 is 0 Å². The third-order valence-electron chi connectivity index (χ3n) is 3.87. The van der Waals surface area contributed by atoms with Crippen molar-refractivity contribution >= 4 is 33.0 Å². The zero-order valence-corrected chi connectivity index (χ0v) is 13.9. The topological polar surface area (TPSA) is 30.0 Å². The summed E-state index contributed by atoms with van der Waals surface area (Å²) in [4.78, 5) is 17.5. The summed E-state index contributed by atoms with van der Waals surface area (Å²) in [6.07, 6.45) is 1.47. The van der Waals surface area contributed by atoms with Gasteiger partial charge in [0.05, 0.1) is 10.6 Å². The number of fused-ring (bicyclic) bond motifs is 1. The summed E-state index contributed by atoms with van der Waals surface area (Å²) in [7, 11) is 0. The highest BCUT2D eigenvalue weighted by molar-refractivity contribution is 9.11. The van der Waals surface area contributed by atoms with Gasteiger partial charge in [0.2, 0.25) is 0 Å². The van der Waals surface area contributed by atoms with Crippen molar-refractivity contribution in [2.45, 2.75) is 38.5 Å². The van der Waals surface area contributed by atoms with Crippen LogP contribution in [0.4, 0.5) is 0 Å². The number of carbonyl (C=O) groups excluding carboxylic acids is 1. The summed E-state index contributed by atoms with van der Waals surface area (Å²) in [5.74, 6) is 1.04. The van der Waals surface area contributed by atoms with Crippen LogP contribution in [0.15, 0.2) is 28.2 Å². The summed E-state index contributed by atoms with van der Waals surface area (Å²) in [5, 5.41) is 0. The van der Waals surface area contributed by atoms with E-state index >= 15 is 0 Å². The SMILES string of the molecule is CC(C)c1ccc([C@@H]2CC(=O)c3sc(Br)nc3C2)cc1. The van der Waals surface area contributed by atoms with Gasteiger partial charge < -0.3 is 0 Å².